The molecule has 0 aromatic heterocycles. The summed E-state index contributed by atoms with van der Waals surface area (Å²) >= 11 is 0. The quantitative estimate of drug-likeness (QED) is 0.217. The third kappa shape index (κ3) is 7.36. The van der Waals surface area contributed by atoms with Crippen LogP contribution >= 0.6 is 0 Å². The van der Waals surface area contributed by atoms with Gasteiger partial charge in [-0.15, -0.1) is 0 Å². The second-order valence-corrected chi connectivity index (χ2v) is 7.47. The van der Waals surface area contributed by atoms with Crippen molar-refractivity contribution in [1.82, 2.24) is 0 Å². The molecule has 0 spiro atoms. The molecule has 0 saturated carbocycles. The van der Waals surface area contributed by atoms with Gasteiger partial charge in [0.25, 0.3) is 5.69 Å². The highest BCUT2D eigenvalue weighted by atomic mass is 19.4. The first-order valence-electron chi connectivity index (χ1n) is 10.4. The van der Waals surface area contributed by atoms with Crippen LogP contribution in [0.5, 0.6) is 0 Å². The Bertz CT molecular complexity index is 1070. The second-order valence-electron chi connectivity index (χ2n) is 7.47. The Labute approximate surface area is 197 Å². The molecular formula is C22H23F3N2O8. The standard InChI is InChI=1S/C22H23F3N2O8/c1-4-33-16(28)8-9-34-20(29)17-12(2)26-13(3)18(21(30)35-11-22(23,24)25)19(17)14-6-5-7-15(10-14)27(31)32/h5-7,10,18-19H,4,8-9,11H2,1-3H3. The van der Waals surface area contributed by atoms with Gasteiger partial charge in [0.1, 0.15) is 12.5 Å². The minimum absolute atomic E-state index is 0.0502. The Morgan fingerprint density at radius 3 is 2.43 bits per heavy atom. The fourth-order valence-corrected chi connectivity index (χ4v) is 3.58. The van der Waals surface area contributed by atoms with Gasteiger partial charge in [-0.1, -0.05) is 12.1 Å². The van der Waals surface area contributed by atoms with Gasteiger partial charge < -0.3 is 14.2 Å². The van der Waals surface area contributed by atoms with Crippen molar-refractivity contribution in [3.8, 4) is 0 Å². The van der Waals surface area contributed by atoms with Crippen LogP contribution in [0, 0.1) is 16.0 Å². The van der Waals surface area contributed by atoms with E-state index in [4.69, 9.17) is 9.47 Å². The molecule has 190 valence electrons. The number of hydrogen-bond acceptors (Lipinski definition) is 9. The smallest absolute Gasteiger partial charge is 0.422 e. The van der Waals surface area contributed by atoms with E-state index in [1.807, 2.05) is 0 Å². The molecule has 0 fully saturated rings. The van der Waals surface area contributed by atoms with Gasteiger partial charge in [0.05, 0.1) is 23.5 Å². The van der Waals surface area contributed by atoms with Crippen molar-refractivity contribution in [3.05, 3.63) is 51.2 Å². The first-order chi connectivity index (χ1) is 16.4. The van der Waals surface area contributed by atoms with Crippen LogP contribution in [0.1, 0.15) is 38.7 Å². The maximum absolute atomic E-state index is 13.0. The van der Waals surface area contributed by atoms with Crippen LogP contribution in [0.2, 0.25) is 0 Å². The lowest BCUT2D eigenvalue weighted by molar-refractivity contribution is -0.384. The Morgan fingerprint density at radius 2 is 1.83 bits per heavy atom. The first kappa shape index (κ1) is 27.5. The highest BCUT2D eigenvalue weighted by Gasteiger charge is 2.44. The van der Waals surface area contributed by atoms with Gasteiger partial charge in [-0.05, 0) is 26.3 Å². The molecule has 0 amide bonds. The fourth-order valence-electron chi connectivity index (χ4n) is 3.58. The summed E-state index contributed by atoms with van der Waals surface area (Å²) in [6, 6.07) is 4.98. The van der Waals surface area contributed by atoms with Crippen LogP contribution in [-0.4, -0.2) is 54.5 Å². The molecule has 0 aliphatic carbocycles. The molecule has 0 saturated heterocycles. The van der Waals surface area contributed by atoms with Crippen LogP contribution in [-0.2, 0) is 28.6 Å². The van der Waals surface area contributed by atoms with Crippen molar-refractivity contribution in [3.63, 3.8) is 0 Å². The minimum atomic E-state index is -4.79. The van der Waals surface area contributed by atoms with E-state index in [1.165, 1.54) is 32.0 Å². The number of esters is 3. The summed E-state index contributed by atoms with van der Waals surface area (Å²) in [6.07, 6.45) is -5.05. The molecule has 35 heavy (non-hydrogen) atoms. The number of benzene rings is 1. The summed E-state index contributed by atoms with van der Waals surface area (Å²) in [6.45, 7) is 2.29. The topological polar surface area (TPSA) is 134 Å². The van der Waals surface area contributed by atoms with Crippen molar-refractivity contribution in [2.45, 2.75) is 39.3 Å². The zero-order valence-electron chi connectivity index (χ0n) is 19.1. The molecule has 10 nitrogen and oxygen atoms in total. The summed E-state index contributed by atoms with van der Waals surface area (Å²) in [7, 11) is 0. The fraction of sp³-hybridized carbons (Fsp3) is 0.455. The third-order valence-electron chi connectivity index (χ3n) is 4.97. The van der Waals surface area contributed by atoms with E-state index in [0.29, 0.717) is 0 Å². The van der Waals surface area contributed by atoms with Crippen LogP contribution in [0.25, 0.3) is 0 Å². The molecule has 0 radical (unpaired) electrons. The summed E-state index contributed by atoms with van der Waals surface area (Å²) < 4.78 is 52.3. The number of alkyl halides is 3. The van der Waals surface area contributed by atoms with Gasteiger partial charge in [-0.3, -0.25) is 24.7 Å². The number of nitrogens with zero attached hydrogens (tertiary/aromatic N) is 2. The molecule has 13 heteroatoms. The van der Waals surface area contributed by atoms with Crippen molar-refractivity contribution < 1.29 is 46.7 Å². The molecule has 2 unspecified atom stereocenters. The average Bonchev–Trinajstić information content (AvgIpc) is 2.76. The predicted octanol–water partition coefficient (Wildman–Crippen LogP) is 3.65. The van der Waals surface area contributed by atoms with Crippen LogP contribution in [0.4, 0.5) is 18.9 Å². The number of non-ortho nitro benzene ring substituents is 1. The van der Waals surface area contributed by atoms with E-state index in [-0.39, 0.29) is 47.9 Å². The number of halogens is 3. The molecule has 2 rings (SSSR count). The zero-order chi connectivity index (χ0) is 26.3. The second kappa shape index (κ2) is 11.6. The highest BCUT2D eigenvalue weighted by Crippen LogP contribution is 2.41. The Kier molecular flexibility index (Phi) is 9.09. The summed E-state index contributed by atoms with van der Waals surface area (Å²) in [5.41, 5.74) is -0.319. The van der Waals surface area contributed by atoms with E-state index >= 15 is 0 Å². The Balaban J connectivity index is 2.48. The van der Waals surface area contributed by atoms with Gasteiger partial charge in [-0.25, -0.2) is 4.79 Å². The molecule has 1 aliphatic rings. The lowest BCUT2D eigenvalue weighted by atomic mass is 9.75. The normalized spacial score (nSPS) is 17.9. The summed E-state index contributed by atoms with van der Waals surface area (Å²) in [4.78, 5) is 51.9. The Morgan fingerprint density at radius 1 is 1.14 bits per heavy atom. The molecule has 0 bridgehead atoms. The van der Waals surface area contributed by atoms with E-state index in [2.05, 4.69) is 9.73 Å². The van der Waals surface area contributed by atoms with Crippen molar-refractivity contribution >= 4 is 29.3 Å². The molecule has 1 aromatic rings. The molecule has 1 aliphatic heterocycles. The number of carbonyl (C=O) groups excluding carboxylic acids is 3. The third-order valence-corrected chi connectivity index (χ3v) is 4.97. The first-order valence-corrected chi connectivity index (χ1v) is 10.4. The van der Waals surface area contributed by atoms with Gasteiger partial charge in [0, 0.05) is 29.5 Å². The van der Waals surface area contributed by atoms with E-state index in [1.54, 1.807) is 6.92 Å². The van der Waals surface area contributed by atoms with Crippen LogP contribution in [0.15, 0.2) is 40.5 Å². The Hall–Kier alpha value is -3.77. The van der Waals surface area contributed by atoms with Crippen molar-refractivity contribution in [2.24, 2.45) is 10.9 Å². The highest BCUT2D eigenvalue weighted by molar-refractivity contribution is 6.07. The van der Waals surface area contributed by atoms with Gasteiger partial charge >= 0.3 is 24.1 Å². The van der Waals surface area contributed by atoms with Gasteiger partial charge in [0.15, 0.2) is 6.61 Å². The van der Waals surface area contributed by atoms with Crippen LogP contribution < -0.4 is 0 Å². The maximum atomic E-state index is 13.0. The average molecular weight is 500 g/mol. The number of rotatable bonds is 9. The largest absolute Gasteiger partial charge is 0.466 e. The lowest BCUT2D eigenvalue weighted by Gasteiger charge is -2.31. The molecule has 0 N–H and O–H groups in total. The summed E-state index contributed by atoms with van der Waals surface area (Å²) in [5.74, 6) is -5.70. The van der Waals surface area contributed by atoms with Crippen LogP contribution in [0.3, 0.4) is 0 Å². The number of nitro benzene ring substituents is 1. The summed E-state index contributed by atoms with van der Waals surface area (Å²) in [5, 5.41) is 11.3. The maximum Gasteiger partial charge on any atom is 0.422 e. The number of nitro groups is 1. The molecular weight excluding hydrogens is 477 g/mol. The van der Waals surface area contributed by atoms with Gasteiger partial charge in [-0.2, -0.15) is 13.2 Å². The minimum Gasteiger partial charge on any atom is -0.466 e. The molecule has 1 heterocycles. The van der Waals surface area contributed by atoms with E-state index in [9.17, 15) is 37.7 Å². The number of allylic oxidation sites excluding steroid dienone is 1. The van der Waals surface area contributed by atoms with Crippen molar-refractivity contribution in [1.29, 1.82) is 0 Å². The molecule has 1 aromatic carbocycles. The SMILES string of the molecule is CCOC(=O)CCOC(=O)C1=C(C)N=C(C)C(C(=O)OCC(F)(F)F)C1c1cccc([N+](=O)[O-])c1. The number of ether oxygens (including phenoxy) is 3. The van der Waals surface area contributed by atoms with E-state index in [0.717, 1.165) is 6.07 Å². The van der Waals surface area contributed by atoms with Crippen molar-refractivity contribution in [2.75, 3.05) is 19.8 Å². The lowest BCUT2D eigenvalue weighted by Crippen LogP contribution is -2.38. The predicted molar refractivity (Wildman–Crippen MR) is 114 cm³/mol. The molecule has 2 atom stereocenters. The number of aliphatic imine (C=N–C) groups is 1. The van der Waals surface area contributed by atoms with Gasteiger partial charge in [0.2, 0.25) is 0 Å². The van der Waals surface area contributed by atoms with E-state index < -0.39 is 47.5 Å². The number of carbonyl (C=O) groups is 3. The monoisotopic (exact) mass is 500 g/mol. The zero-order valence-corrected chi connectivity index (χ0v) is 19.1. The number of hydrogen-bond donors (Lipinski definition) is 0.